The second kappa shape index (κ2) is 10.9. The molecule has 32 heavy (non-hydrogen) atoms. The standard InChI is InChI=1S/C25H27FN2O2S2/c26-19-12-10-18(11-13-19)24(25(30)27-20-6-2-1-3-7-20)28(17-22-9-5-15-32-22)23(29)16-21-8-4-14-31-21/h4-5,8-15,20,24H,1-3,6-7,16-17H2,(H,27,30). The van der Waals surface area contributed by atoms with Crippen LogP contribution >= 0.6 is 22.7 Å². The summed E-state index contributed by atoms with van der Waals surface area (Å²) in [5.41, 5.74) is 0.621. The molecule has 0 radical (unpaired) electrons. The van der Waals surface area contributed by atoms with Crippen molar-refractivity contribution in [1.29, 1.82) is 0 Å². The zero-order valence-corrected chi connectivity index (χ0v) is 19.5. The number of benzene rings is 1. The van der Waals surface area contributed by atoms with Gasteiger partial charge in [-0.15, -0.1) is 22.7 Å². The molecule has 2 heterocycles. The molecule has 1 saturated carbocycles. The highest BCUT2D eigenvalue weighted by Gasteiger charge is 2.33. The van der Waals surface area contributed by atoms with Crippen LogP contribution in [-0.2, 0) is 22.6 Å². The number of nitrogens with zero attached hydrogens (tertiary/aromatic N) is 1. The Hall–Kier alpha value is -2.51. The Morgan fingerprint density at radius 2 is 1.62 bits per heavy atom. The highest BCUT2D eigenvalue weighted by Crippen LogP contribution is 2.28. The first-order valence-corrected chi connectivity index (χ1v) is 12.8. The Morgan fingerprint density at radius 3 is 2.25 bits per heavy atom. The number of hydrogen-bond acceptors (Lipinski definition) is 4. The van der Waals surface area contributed by atoms with Crippen LogP contribution in [0.2, 0.25) is 0 Å². The van der Waals surface area contributed by atoms with Gasteiger partial charge < -0.3 is 10.2 Å². The number of amides is 2. The Kier molecular flexibility index (Phi) is 7.71. The van der Waals surface area contributed by atoms with Crippen LogP contribution in [0, 0.1) is 5.82 Å². The molecular weight excluding hydrogens is 443 g/mol. The van der Waals surface area contributed by atoms with E-state index < -0.39 is 6.04 Å². The second-order valence-electron chi connectivity index (χ2n) is 8.15. The lowest BCUT2D eigenvalue weighted by Gasteiger charge is -2.33. The molecule has 2 aromatic heterocycles. The SMILES string of the molecule is O=C(NC1CCCCC1)C(c1ccc(F)cc1)N(Cc1cccs1)C(=O)Cc1cccs1. The van der Waals surface area contributed by atoms with Crippen LogP contribution in [0.25, 0.3) is 0 Å². The normalized spacial score (nSPS) is 15.3. The van der Waals surface area contributed by atoms with Gasteiger partial charge in [0, 0.05) is 15.8 Å². The fraction of sp³-hybridized carbons (Fsp3) is 0.360. The van der Waals surface area contributed by atoms with Crippen molar-refractivity contribution in [2.24, 2.45) is 0 Å². The van der Waals surface area contributed by atoms with Gasteiger partial charge in [-0.1, -0.05) is 43.5 Å². The van der Waals surface area contributed by atoms with Crippen molar-refractivity contribution in [2.75, 3.05) is 0 Å². The van der Waals surface area contributed by atoms with E-state index in [0.717, 1.165) is 35.4 Å². The first-order valence-electron chi connectivity index (χ1n) is 11.0. The highest BCUT2D eigenvalue weighted by atomic mass is 32.1. The molecular formula is C25H27FN2O2S2. The molecule has 1 aliphatic rings. The lowest BCUT2D eigenvalue weighted by atomic mass is 9.94. The van der Waals surface area contributed by atoms with Crippen molar-refractivity contribution in [1.82, 2.24) is 10.2 Å². The van der Waals surface area contributed by atoms with Gasteiger partial charge >= 0.3 is 0 Å². The molecule has 3 aromatic rings. The third-order valence-electron chi connectivity index (χ3n) is 5.83. The van der Waals surface area contributed by atoms with Gasteiger partial charge in [-0.05, 0) is 53.4 Å². The highest BCUT2D eigenvalue weighted by molar-refractivity contribution is 7.10. The van der Waals surface area contributed by atoms with Gasteiger partial charge in [0.2, 0.25) is 11.8 Å². The summed E-state index contributed by atoms with van der Waals surface area (Å²) < 4.78 is 13.7. The summed E-state index contributed by atoms with van der Waals surface area (Å²) in [6, 6.07) is 13.0. The molecule has 1 N–H and O–H groups in total. The van der Waals surface area contributed by atoms with E-state index >= 15 is 0 Å². The molecule has 4 rings (SSSR count). The third kappa shape index (κ3) is 5.84. The monoisotopic (exact) mass is 470 g/mol. The fourth-order valence-corrected chi connectivity index (χ4v) is 5.60. The predicted octanol–water partition coefficient (Wildman–Crippen LogP) is 5.71. The summed E-state index contributed by atoms with van der Waals surface area (Å²) in [5, 5.41) is 7.09. The van der Waals surface area contributed by atoms with Crippen LogP contribution in [0.15, 0.2) is 59.3 Å². The predicted molar refractivity (Wildman–Crippen MR) is 127 cm³/mol. The number of halogens is 1. The van der Waals surface area contributed by atoms with Gasteiger partial charge in [0.1, 0.15) is 11.9 Å². The van der Waals surface area contributed by atoms with Crippen LogP contribution in [-0.4, -0.2) is 22.8 Å². The van der Waals surface area contributed by atoms with Gasteiger partial charge in [0.15, 0.2) is 0 Å². The lowest BCUT2D eigenvalue weighted by Crippen LogP contribution is -2.47. The molecule has 2 amide bonds. The van der Waals surface area contributed by atoms with Crippen LogP contribution in [0.1, 0.15) is 53.5 Å². The molecule has 1 unspecified atom stereocenters. The van der Waals surface area contributed by atoms with Crippen molar-refractivity contribution in [3.63, 3.8) is 0 Å². The summed E-state index contributed by atoms with van der Waals surface area (Å²) in [6.07, 6.45) is 5.53. The zero-order chi connectivity index (χ0) is 22.3. The topological polar surface area (TPSA) is 49.4 Å². The summed E-state index contributed by atoms with van der Waals surface area (Å²) >= 11 is 3.08. The van der Waals surface area contributed by atoms with Crippen LogP contribution < -0.4 is 5.32 Å². The summed E-state index contributed by atoms with van der Waals surface area (Å²) in [6.45, 7) is 0.335. The number of rotatable bonds is 8. The quantitative estimate of drug-likeness (QED) is 0.458. The van der Waals surface area contributed by atoms with E-state index in [0.29, 0.717) is 12.1 Å². The first-order chi connectivity index (χ1) is 15.6. The molecule has 4 nitrogen and oxygen atoms in total. The molecule has 1 aromatic carbocycles. The average molecular weight is 471 g/mol. The van der Waals surface area contributed by atoms with E-state index in [4.69, 9.17) is 0 Å². The van der Waals surface area contributed by atoms with Gasteiger partial charge in [-0.2, -0.15) is 0 Å². The van der Waals surface area contributed by atoms with E-state index in [1.807, 2.05) is 35.0 Å². The lowest BCUT2D eigenvalue weighted by molar-refractivity contribution is -0.141. The molecule has 0 bridgehead atoms. The maximum absolute atomic E-state index is 13.7. The molecule has 168 valence electrons. The van der Waals surface area contributed by atoms with E-state index in [-0.39, 0.29) is 30.1 Å². The van der Waals surface area contributed by atoms with Gasteiger partial charge in [-0.25, -0.2) is 4.39 Å². The van der Waals surface area contributed by atoms with Gasteiger partial charge in [0.05, 0.1) is 13.0 Å². The number of nitrogens with one attached hydrogen (secondary N) is 1. The molecule has 1 fully saturated rings. The van der Waals surface area contributed by atoms with Crippen molar-refractivity contribution < 1.29 is 14.0 Å². The minimum Gasteiger partial charge on any atom is -0.351 e. The van der Waals surface area contributed by atoms with Crippen LogP contribution in [0.5, 0.6) is 0 Å². The third-order valence-corrected chi connectivity index (χ3v) is 7.57. The van der Waals surface area contributed by atoms with Crippen molar-refractivity contribution in [2.45, 2.75) is 57.2 Å². The van der Waals surface area contributed by atoms with Crippen molar-refractivity contribution in [3.05, 3.63) is 80.4 Å². The van der Waals surface area contributed by atoms with E-state index in [9.17, 15) is 14.0 Å². The molecule has 0 saturated heterocycles. The molecule has 0 spiro atoms. The van der Waals surface area contributed by atoms with Gasteiger partial charge in [-0.3, -0.25) is 9.59 Å². The summed E-state index contributed by atoms with van der Waals surface area (Å²) in [7, 11) is 0. The number of hydrogen-bond donors (Lipinski definition) is 1. The molecule has 1 atom stereocenters. The first kappa shape index (κ1) is 22.7. The number of thiophene rings is 2. The number of carbonyl (C=O) groups excluding carboxylic acids is 2. The second-order valence-corrected chi connectivity index (χ2v) is 10.2. The molecule has 1 aliphatic carbocycles. The maximum atomic E-state index is 13.7. The Morgan fingerprint density at radius 1 is 0.969 bits per heavy atom. The average Bonchev–Trinajstić information content (AvgIpc) is 3.49. The Labute approximate surface area is 196 Å². The van der Waals surface area contributed by atoms with E-state index in [2.05, 4.69) is 5.32 Å². The Bertz CT molecular complexity index is 997. The van der Waals surface area contributed by atoms with Crippen molar-refractivity contribution in [3.8, 4) is 0 Å². The molecule has 0 aliphatic heterocycles. The van der Waals surface area contributed by atoms with Crippen molar-refractivity contribution >= 4 is 34.5 Å². The summed E-state index contributed by atoms with van der Waals surface area (Å²) in [4.78, 5) is 30.7. The van der Waals surface area contributed by atoms with Crippen LogP contribution in [0.4, 0.5) is 4.39 Å². The maximum Gasteiger partial charge on any atom is 0.247 e. The minimum atomic E-state index is -0.813. The van der Waals surface area contributed by atoms with E-state index in [1.54, 1.807) is 28.4 Å². The van der Waals surface area contributed by atoms with E-state index in [1.165, 1.54) is 29.9 Å². The molecule has 7 heteroatoms. The minimum absolute atomic E-state index is 0.117. The van der Waals surface area contributed by atoms with Crippen LogP contribution in [0.3, 0.4) is 0 Å². The largest absolute Gasteiger partial charge is 0.351 e. The zero-order valence-electron chi connectivity index (χ0n) is 17.8. The Balaban J connectivity index is 1.66. The smallest absolute Gasteiger partial charge is 0.247 e. The fourth-order valence-electron chi connectivity index (χ4n) is 4.20. The summed E-state index contributed by atoms with van der Waals surface area (Å²) in [5.74, 6) is -0.677. The van der Waals surface area contributed by atoms with Gasteiger partial charge in [0.25, 0.3) is 0 Å². The number of carbonyl (C=O) groups is 2.